The Morgan fingerprint density at radius 3 is 1.57 bits per heavy atom. The molecular weight excluding hydrogens is 972 g/mol. The molecule has 398 valence electrons. The van der Waals surface area contributed by atoms with Crippen LogP contribution in [0.3, 0.4) is 0 Å². The van der Waals surface area contributed by atoms with E-state index in [0.29, 0.717) is 4.90 Å². The maximum Gasteiger partial charge on any atom is 0.252 e. The first-order valence-corrected chi connectivity index (χ1v) is 26.7. The molecule has 5 heterocycles. The molecule has 0 saturated carbocycles. The van der Waals surface area contributed by atoms with Crippen LogP contribution < -0.4 is 31.1 Å². The fourth-order valence-electron chi connectivity index (χ4n) is 10.7. The van der Waals surface area contributed by atoms with E-state index in [-0.39, 0.29) is 95.4 Å². The molecule has 3 aliphatic heterocycles. The summed E-state index contributed by atoms with van der Waals surface area (Å²) in [6.07, 6.45) is 0. The normalized spacial score (nSPS) is 19.0. The molecule has 80 heavy (non-hydrogen) atoms. The highest BCUT2D eigenvalue weighted by Crippen LogP contribution is 2.55. The zero-order valence-corrected chi connectivity index (χ0v) is 47.3. The lowest BCUT2D eigenvalue weighted by Gasteiger charge is -2.47. The molecule has 9 aromatic carbocycles. The van der Waals surface area contributed by atoms with Gasteiger partial charge in [-0.25, -0.2) is 0 Å². The van der Waals surface area contributed by atoms with Gasteiger partial charge in [-0.2, -0.15) is 0 Å². The van der Waals surface area contributed by atoms with Gasteiger partial charge in [0.2, 0.25) is 0 Å². The van der Waals surface area contributed by atoms with Crippen LogP contribution in [0.15, 0.2) is 174 Å². The minimum atomic E-state index is -1.99. The van der Waals surface area contributed by atoms with Crippen LogP contribution in [0.1, 0.15) is 170 Å². The molecule has 0 unspecified atom stereocenters. The number of fused-ring (bicyclic) bond motifs is 12. The molecule has 14 rings (SSSR count). The van der Waals surface area contributed by atoms with Gasteiger partial charge in [-0.15, -0.1) is 0 Å². The van der Waals surface area contributed by atoms with Crippen molar-refractivity contribution in [1.29, 1.82) is 0 Å². The molecule has 6 heteroatoms. The molecule has 0 radical (unpaired) electrons. The molecule has 0 aliphatic carbocycles. The molecule has 0 N–H and O–H groups in total. The predicted octanol–water partition coefficient (Wildman–Crippen LogP) is 19.0. The number of benzene rings is 9. The maximum atomic E-state index is 11.3. The van der Waals surface area contributed by atoms with Gasteiger partial charge < -0.3 is 23.7 Å². The molecule has 0 spiro atoms. The minimum absolute atomic E-state index is 0.0324. The third-order valence-electron chi connectivity index (χ3n) is 15.1. The van der Waals surface area contributed by atoms with Crippen molar-refractivity contribution in [1.82, 2.24) is 4.57 Å². The Morgan fingerprint density at radius 1 is 0.388 bits per heavy atom. The van der Waals surface area contributed by atoms with Crippen molar-refractivity contribution in [2.24, 2.45) is 0 Å². The fourth-order valence-corrected chi connectivity index (χ4v) is 10.7. The predicted molar refractivity (Wildman–Crippen MR) is 344 cm³/mol. The summed E-state index contributed by atoms with van der Waals surface area (Å²) in [5.41, 5.74) is -14.8. The van der Waals surface area contributed by atoms with Gasteiger partial charge in [0.05, 0.1) is 66.5 Å². The van der Waals surface area contributed by atoms with Gasteiger partial charge in [-0.05, 0) is 168 Å². The Morgan fingerprint density at radius 2 is 0.938 bits per heavy atom. The molecule has 0 amide bonds. The van der Waals surface area contributed by atoms with Crippen LogP contribution in [0.25, 0.3) is 49.4 Å². The van der Waals surface area contributed by atoms with E-state index < -0.39 is 252 Å². The lowest BCUT2D eigenvalue weighted by molar-refractivity contribution is 0.590. The Bertz CT molecular complexity index is 5960. The monoisotopic (exact) mass is 1070 g/mol. The van der Waals surface area contributed by atoms with E-state index >= 15 is 0 Å². The second kappa shape index (κ2) is 16.8. The number of furan rings is 1. The number of para-hydroxylation sites is 2. The molecule has 0 saturated heterocycles. The van der Waals surface area contributed by atoms with Crippen LogP contribution in [0.2, 0.25) is 0 Å². The highest BCUT2D eigenvalue weighted by atomic mass is 16.3. The zero-order valence-electron chi connectivity index (χ0n) is 75.3. The Balaban J connectivity index is 1.30. The van der Waals surface area contributed by atoms with Crippen LogP contribution in [-0.2, 0) is 27.1 Å². The Kier molecular flexibility index (Phi) is 5.98. The molecular formula is C74H73BN4O. The van der Waals surface area contributed by atoms with Gasteiger partial charge in [0, 0.05) is 67.4 Å². The maximum absolute atomic E-state index is 11.3. The molecule has 0 atom stereocenters. The fraction of sp³-hybridized carbons (Fsp3) is 0.270. The van der Waals surface area contributed by atoms with E-state index in [4.69, 9.17) is 9.90 Å². The van der Waals surface area contributed by atoms with E-state index in [1.165, 1.54) is 9.47 Å². The summed E-state index contributed by atoms with van der Waals surface area (Å²) in [5, 5.41) is -0.955. The first kappa shape index (κ1) is 28.5. The van der Waals surface area contributed by atoms with Crippen LogP contribution in [0, 0.1) is 0 Å². The number of hydrogen-bond donors (Lipinski definition) is 0. The van der Waals surface area contributed by atoms with Gasteiger partial charge in [0.25, 0.3) is 6.71 Å². The largest absolute Gasteiger partial charge is 0.456 e. The second-order valence-corrected chi connectivity index (χ2v) is 26.1. The zero-order chi connectivity index (χ0) is 80.3. The molecule has 0 fully saturated rings. The van der Waals surface area contributed by atoms with E-state index in [9.17, 15) is 32.9 Å². The van der Waals surface area contributed by atoms with Crippen LogP contribution in [0.5, 0.6) is 0 Å². The Labute approximate surface area is 512 Å². The van der Waals surface area contributed by atoms with Crippen molar-refractivity contribution >= 4 is 118 Å². The van der Waals surface area contributed by atoms with Gasteiger partial charge in [0.1, 0.15) is 11.2 Å². The highest BCUT2D eigenvalue weighted by molar-refractivity contribution is 7.00. The van der Waals surface area contributed by atoms with Crippen molar-refractivity contribution in [2.45, 2.75) is 131 Å². The van der Waals surface area contributed by atoms with Crippen LogP contribution >= 0.6 is 0 Å². The minimum Gasteiger partial charge on any atom is -0.456 e. The van der Waals surface area contributed by atoms with Gasteiger partial charge in [-0.3, -0.25) is 0 Å². The van der Waals surface area contributed by atoms with E-state index in [1.54, 1.807) is 104 Å². The third kappa shape index (κ3) is 7.57. The molecule has 11 aromatic rings. The van der Waals surface area contributed by atoms with Gasteiger partial charge in [-0.1, -0.05) is 170 Å². The first-order chi connectivity index (χ1) is 49.6. The van der Waals surface area contributed by atoms with Crippen molar-refractivity contribution in [3.8, 4) is 5.69 Å². The lowest BCUT2D eigenvalue weighted by Crippen LogP contribution is -2.62. The summed E-state index contributed by atoms with van der Waals surface area (Å²) >= 11 is 0. The molecule has 0 bridgehead atoms. The summed E-state index contributed by atoms with van der Waals surface area (Å²) in [7, 11) is 0. The van der Waals surface area contributed by atoms with Crippen molar-refractivity contribution in [2.75, 3.05) is 14.7 Å². The summed E-state index contributed by atoms with van der Waals surface area (Å²) in [6.45, 7) is 23.2. The summed E-state index contributed by atoms with van der Waals surface area (Å²) in [6, 6.07) is -20.6. The number of rotatable bonds is 4. The highest BCUT2D eigenvalue weighted by Gasteiger charge is 2.47. The van der Waals surface area contributed by atoms with E-state index in [0.717, 1.165) is 4.90 Å². The SMILES string of the molecule is [2H]c1c([2H])c2c3c(c1[2H])-n1c4c([2H])c([2H])c(C(C)(C)C)c([2H])c4c4c([2H])c(C(C)(C)C)c([2H])c(c41)N3c1c([2H])c(C(C)(C)C)c([2H])c3c1B2c1c([2H])c([2H])c(N(c2c([2H])c([2H])c(C(C)(C)C)c([2H])c2[2H])c2c([2H])c([2H])c(C(C)(C)C)c([2H])c2[2H])c([2H])c1N3c1c([2H])c([2H])c2c(oc3c([2H])c([2H])c([2H])c([2H])c32)c1[2H]. The van der Waals surface area contributed by atoms with E-state index in [2.05, 4.69) is 0 Å². The molecule has 5 nitrogen and oxygen atoms in total. The molecule has 2 aromatic heterocycles. The van der Waals surface area contributed by atoms with Gasteiger partial charge in [0.15, 0.2) is 0 Å². The van der Waals surface area contributed by atoms with Crippen molar-refractivity contribution in [3.05, 3.63) is 197 Å². The van der Waals surface area contributed by atoms with Crippen molar-refractivity contribution in [3.63, 3.8) is 0 Å². The number of nitrogens with zero attached hydrogens (tertiary/aromatic N) is 4. The smallest absolute Gasteiger partial charge is 0.252 e. The Hall–Kier alpha value is -7.96. The van der Waals surface area contributed by atoms with Crippen LogP contribution in [0.4, 0.5) is 51.2 Å². The topological polar surface area (TPSA) is 27.8 Å². The average molecular weight is 1070 g/mol. The first-order valence-electron chi connectivity index (χ1n) is 40.7. The number of hydrogen-bond acceptors (Lipinski definition) is 4. The third-order valence-corrected chi connectivity index (χ3v) is 15.1. The summed E-state index contributed by atoms with van der Waals surface area (Å²) < 4.78 is 289. The standard InChI is InChI=1S/C74H73BN4O/c1-70(2,3)44-23-28-49(29-24-44)76(50-30-25-45(26-31-50)71(4,5)6)51-33-35-57-61(42-51)77(52-32-34-54-53-19-16-17-22-65(53)80-66(54)43-52)62-39-48(74(13,14)15)40-63-67(62)75(57)58-20-18-21-60-69(58)79(63)64-41-47(73(10,11)12)38-56-55-37-46(72(7,8)9)27-36-59(55)78(60)68(56)64/h16-43H,1-15H3/i16D,17D,18D,19D,20D,21D,22D,23D,24D,25D,26D,27D,28D,29D,30D,31D,32D,33D,34D,35D,36D,37D,38D,39D,40D,41D,42D,43D. The lowest BCUT2D eigenvalue weighted by atomic mass is 9.33. The van der Waals surface area contributed by atoms with Crippen LogP contribution in [-0.4, -0.2) is 11.3 Å². The molecule has 3 aliphatic rings. The number of anilines is 9. The summed E-state index contributed by atoms with van der Waals surface area (Å²) in [4.78, 5) is 2.99. The van der Waals surface area contributed by atoms with E-state index in [1.807, 2.05) is 0 Å². The summed E-state index contributed by atoms with van der Waals surface area (Å²) in [5.74, 6) is 0. The number of aromatic nitrogens is 1. The quantitative estimate of drug-likeness (QED) is 0.164. The van der Waals surface area contributed by atoms with Crippen molar-refractivity contribution < 1.29 is 42.8 Å². The average Bonchev–Trinajstić information content (AvgIpc) is 1.15. The second-order valence-electron chi connectivity index (χ2n) is 26.1. The van der Waals surface area contributed by atoms with Gasteiger partial charge >= 0.3 is 0 Å².